The Kier molecular flexibility index (Phi) is 6.27. The first-order chi connectivity index (χ1) is 13.5. The third-order valence-electron chi connectivity index (χ3n) is 4.54. The summed E-state index contributed by atoms with van der Waals surface area (Å²) in [6.45, 7) is 0.182. The van der Waals surface area contributed by atoms with E-state index in [1.165, 1.54) is 5.39 Å². The van der Waals surface area contributed by atoms with Gasteiger partial charge in [-0.25, -0.2) is 0 Å². The Bertz CT molecular complexity index is 982. The molecule has 0 spiro atoms. The topological polar surface area (TPSA) is 61.4 Å². The van der Waals surface area contributed by atoms with Crippen LogP contribution in [0.5, 0.6) is 0 Å². The maximum absolute atomic E-state index is 12.3. The summed E-state index contributed by atoms with van der Waals surface area (Å²) < 4.78 is 0. The van der Waals surface area contributed by atoms with Crippen LogP contribution in [0.15, 0.2) is 66.7 Å². The van der Waals surface area contributed by atoms with E-state index in [9.17, 15) is 9.59 Å². The van der Waals surface area contributed by atoms with Crippen LogP contribution in [0.1, 0.15) is 12.0 Å². The number of rotatable bonds is 7. The highest BCUT2D eigenvalue weighted by molar-refractivity contribution is 5.94. The van der Waals surface area contributed by atoms with Gasteiger partial charge < -0.3 is 15.5 Å². The molecule has 0 aliphatic rings. The average molecular weight is 375 g/mol. The van der Waals surface area contributed by atoms with Crippen molar-refractivity contribution < 1.29 is 9.59 Å². The molecule has 2 amide bonds. The summed E-state index contributed by atoms with van der Waals surface area (Å²) in [6, 6.07) is 21.8. The fourth-order valence-corrected chi connectivity index (χ4v) is 2.97. The van der Waals surface area contributed by atoms with Gasteiger partial charge in [-0.15, -0.1) is 0 Å². The van der Waals surface area contributed by atoms with E-state index in [4.69, 9.17) is 0 Å². The van der Waals surface area contributed by atoms with Gasteiger partial charge in [0.2, 0.25) is 11.8 Å². The Morgan fingerprint density at radius 3 is 2.43 bits per heavy atom. The van der Waals surface area contributed by atoms with Crippen molar-refractivity contribution in [2.24, 2.45) is 0 Å². The van der Waals surface area contributed by atoms with Crippen molar-refractivity contribution in [3.8, 4) is 0 Å². The predicted octanol–water partition coefficient (Wildman–Crippen LogP) is 3.91. The number of anilines is 2. The second-order valence-corrected chi connectivity index (χ2v) is 6.95. The first-order valence-corrected chi connectivity index (χ1v) is 9.33. The van der Waals surface area contributed by atoms with Crippen molar-refractivity contribution in [2.45, 2.75) is 12.8 Å². The minimum atomic E-state index is -0.116. The minimum absolute atomic E-state index is 0.0917. The van der Waals surface area contributed by atoms with Gasteiger partial charge in [0.1, 0.15) is 0 Å². The maximum Gasteiger partial charge on any atom is 0.243 e. The number of amides is 2. The molecule has 0 radical (unpaired) electrons. The molecule has 5 heteroatoms. The first kappa shape index (κ1) is 19.4. The fraction of sp³-hybridized carbons (Fsp3) is 0.217. The molecule has 144 valence electrons. The smallest absolute Gasteiger partial charge is 0.243 e. The monoisotopic (exact) mass is 375 g/mol. The summed E-state index contributed by atoms with van der Waals surface area (Å²) >= 11 is 0. The molecule has 3 aromatic carbocycles. The van der Waals surface area contributed by atoms with Crippen molar-refractivity contribution >= 4 is 34.0 Å². The number of carbonyl (C=O) groups is 2. The molecule has 0 atom stereocenters. The highest BCUT2D eigenvalue weighted by Crippen LogP contribution is 2.19. The van der Waals surface area contributed by atoms with Crippen LogP contribution in [0.4, 0.5) is 11.4 Å². The second-order valence-electron chi connectivity index (χ2n) is 6.95. The molecule has 0 fully saturated rings. The molecular weight excluding hydrogens is 350 g/mol. The molecule has 0 heterocycles. The number of aryl methyl sites for hydroxylation is 1. The van der Waals surface area contributed by atoms with Crippen LogP contribution in [0, 0.1) is 0 Å². The lowest BCUT2D eigenvalue weighted by Crippen LogP contribution is -2.22. The van der Waals surface area contributed by atoms with Crippen LogP contribution in [0.25, 0.3) is 10.8 Å². The first-order valence-electron chi connectivity index (χ1n) is 9.33. The van der Waals surface area contributed by atoms with Crippen molar-refractivity contribution in [3.05, 3.63) is 72.3 Å². The maximum atomic E-state index is 12.3. The van der Waals surface area contributed by atoms with E-state index in [0.717, 1.165) is 22.3 Å². The number of nitrogens with one attached hydrogen (secondary N) is 2. The molecular formula is C23H25N3O2. The van der Waals surface area contributed by atoms with Crippen LogP contribution < -0.4 is 10.6 Å². The molecule has 2 N–H and O–H groups in total. The van der Waals surface area contributed by atoms with Gasteiger partial charge in [0, 0.05) is 31.9 Å². The SMILES string of the molecule is CN(C)C(=O)CCc1cccc(NC(=O)CNc2ccc3ccccc3c2)c1. The molecule has 0 saturated heterocycles. The Labute approximate surface area is 165 Å². The number of benzene rings is 3. The molecule has 0 aliphatic carbocycles. The van der Waals surface area contributed by atoms with Gasteiger partial charge in [-0.1, -0.05) is 42.5 Å². The third kappa shape index (κ3) is 5.33. The van der Waals surface area contributed by atoms with E-state index in [1.54, 1.807) is 19.0 Å². The third-order valence-corrected chi connectivity index (χ3v) is 4.54. The Hall–Kier alpha value is -3.34. The fourth-order valence-electron chi connectivity index (χ4n) is 2.97. The van der Waals surface area contributed by atoms with E-state index in [-0.39, 0.29) is 18.4 Å². The van der Waals surface area contributed by atoms with Gasteiger partial charge in [-0.05, 0) is 47.0 Å². The largest absolute Gasteiger partial charge is 0.376 e. The minimum Gasteiger partial charge on any atom is -0.376 e. The van der Waals surface area contributed by atoms with E-state index in [2.05, 4.69) is 16.7 Å². The van der Waals surface area contributed by atoms with Crippen LogP contribution in [-0.4, -0.2) is 37.4 Å². The standard InChI is InChI=1S/C23H25N3O2/c1-26(2)23(28)13-10-17-6-5-9-21(14-17)25-22(27)16-24-20-12-11-18-7-3-4-8-19(18)15-20/h3-9,11-12,14-15,24H,10,13,16H2,1-2H3,(H,25,27). The van der Waals surface area contributed by atoms with Gasteiger partial charge >= 0.3 is 0 Å². The van der Waals surface area contributed by atoms with Gasteiger partial charge in [0.15, 0.2) is 0 Å². The number of hydrogen-bond acceptors (Lipinski definition) is 3. The number of hydrogen-bond donors (Lipinski definition) is 2. The van der Waals surface area contributed by atoms with E-state index < -0.39 is 0 Å². The highest BCUT2D eigenvalue weighted by atomic mass is 16.2. The zero-order valence-electron chi connectivity index (χ0n) is 16.2. The average Bonchev–Trinajstić information content (AvgIpc) is 2.70. The van der Waals surface area contributed by atoms with Gasteiger partial charge in [-0.2, -0.15) is 0 Å². The normalized spacial score (nSPS) is 10.5. The molecule has 0 unspecified atom stereocenters. The number of nitrogens with zero attached hydrogens (tertiary/aromatic N) is 1. The predicted molar refractivity (Wildman–Crippen MR) is 115 cm³/mol. The molecule has 0 aromatic heterocycles. The lowest BCUT2D eigenvalue weighted by atomic mass is 10.1. The quantitative estimate of drug-likeness (QED) is 0.658. The summed E-state index contributed by atoms with van der Waals surface area (Å²) in [6.07, 6.45) is 1.10. The number of fused-ring (bicyclic) bond motifs is 1. The summed E-state index contributed by atoms with van der Waals surface area (Å²) in [4.78, 5) is 25.6. The van der Waals surface area contributed by atoms with Crippen molar-refractivity contribution in [1.29, 1.82) is 0 Å². The second kappa shape index (κ2) is 9.04. The van der Waals surface area contributed by atoms with Crippen molar-refractivity contribution in [3.63, 3.8) is 0 Å². The van der Waals surface area contributed by atoms with Crippen LogP contribution in [0.3, 0.4) is 0 Å². The molecule has 0 saturated carbocycles. The van der Waals surface area contributed by atoms with Crippen molar-refractivity contribution in [2.75, 3.05) is 31.3 Å². The lowest BCUT2D eigenvalue weighted by molar-refractivity contribution is -0.128. The number of carbonyl (C=O) groups excluding carboxylic acids is 2. The molecule has 3 aromatic rings. The van der Waals surface area contributed by atoms with E-state index in [1.807, 2.05) is 60.7 Å². The molecule has 0 bridgehead atoms. The lowest BCUT2D eigenvalue weighted by Gasteiger charge is -2.11. The molecule has 0 aliphatic heterocycles. The summed E-state index contributed by atoms with van der Waals surface area (Å²) in [5.41, 5.74) is 2.67. The Balaban J connectivity index is 1.54. The van der Waals surface area contributed by atoms with Gasteiger partial charge in [0.25, 0.3) is 0 Å². The van der Waals surface area contributed by atoms with Crippen molar-refractivity contribution in [1.82, 2.24) is 4.90 Å². The summed E-state index contributed by atoms with van der Waals surface area (Å²) in [5, 5.41) is 8.37. The highest BCUT2D eigenvalue weighted by Gasteiger charge is 2.07. The van der Waals surface area contributed by atoms with E-state index >= 15 is 0 Å². The van der Waals surface area contributed by atoms with Crippen LogP contribution >= 0.6 is 0 Å². The Morgan fingerprint density at radius 2 is 1.64 bits per heavy atom. The summed E-state index contributed by atoms with van der Waals surface area (Å²) in [5.74, 6) is -0.0244. The Morgan fingerprint density at radius 1 is 0.857 bits per heavy atom. The molecule has 5 nitrogen and oxygen atoms in total. The van der Waals surface area contributed by atoms with Crippen LogP contribution in [0.2, 0.25) is 0 Å². The molecule has 3 rings (SSSR count). The molecule has 28 heavy (non-hydrogen) atoms. The van der Waals surface area contributed by atoms with E-state index in [0.29, 0.717) is 12.8 Å². The van der Waals surface area contributed by atoms with Crippen LogP contribution in [-0.2, 0) is 16.0 Å². The van der Waals surface area contributed by atoms with Gasteiger partial charge in [-0.3, -0.25) is 9.59 Å². The van der Waals surface area contributed by atoms with Gasteiger partial charge in [0.05, 0.1) is 6.54 Å². The summed E-state index contributed by atoms with van der Waals surface area (Å²) in [7, 11) is 3.50. The zero-order chi connectivity index (χ0) is 19.9. The zero-order valence-corrected chi connectivity index (χ0v) is 16.2.